The second kappa shape index (κ2) is 8.46. The Bertz CT molecular complexity index is 304. The first-order valence-corrected chi connectivity index (χ1v) is 5.60. The highest BCUT2D eigenvalue weighted by Gasteiger charge is 2.26. The van der Waals surface area contributed by atoms with Crippen molar-refractivity contribution in [3.05, 3.63) is 0 Å². The minimum atomic E-state index is -1.20. The summed E-state index contributed by atoms with van der Waals surface area (Å²) in [6.45, 7) is 3.23. The van der Waals surface area contributed by atoms with E-state index in [4.69, 9.17) is 9.84 Å². The molecule has 0 aromatic rings. The molecule has 0 spiro atoms. The molecule has 0 aliphatic heterocycles. The number of carbonyl (C=O) groups is 3. The van der Waals surface area contributed by atoms with Gasteiger partial charge in [0.05, 0.1) is 12.5 Å². The maximum atomic E-state index is 11.4. The Labute approximate surface area is 105 Å². The number of carbonyl (C=O) groups excluding carboxylic acids is 2. The van der Waals surface area contributed by atoms with Crippen LogP contribution in [0, 0.1) is 5.92 Å². The van der Waals surface area contributed by atoms with Crippen molar-refractivity contribution < 1.29 is 29.0 Å². The lowest BCUT2D eigenvalue weighted by Crippen LogP contribution is -2.44. The highest BCUT2D eigenvalue weighted by atomic mass is 16.5. The third-order valence-corrected chi connectivity index (χ3v) is 2.19. The van der Waals surface area contributed by atoms with E-state index in [1.165, 1.54) is 7.11 Å². The number of nitrogens with one attached hydrogen (secondary N) is 1. The van der Waals surface area contributed by atoms with Gasteiger partial charge in [0.1, 0.15) is 12.6 Å². The number of hydrogen-bond donors (Lipinski definition) is 2. The van der Waals surface area contributed by atoms with Crippen LogP contribution in [0.25, 0.3) is 0 Å². The van der Waals surface area contributed by atoms with Crippen LogP contribution in [0.15, 0.2) is 0 Å². The van der Waals surface area contributed by atoms with Crippen LogP contribution >= 0.6 is 0 Å². The topological polar surface area (TPSA) is 102 Å². The molecule has 2 atom stereocenters. The van der Waals surface area contributed by atoms with Crippen molar-refractivity contribution in [1.82, 2.24) is 5.32 Å². The van der Waals surface area contributed by atoms with Crippen LogP contribution in [0.3, 0.4) is 0 Å². The average molecular weight is 261 g/mol. The van der Waals surface area contributed by atoms with Gasteiger partial charge in [-0.1, -0.05) is 6.92 Å². The fraction of sp³-hybridized carbons (Fsp3) is 0.727. The summed E-state index contributed by atoms with van der Waals surface area (Å²) in [5.41, 5.74) is 0. The van der Waals surface area contributed by atoms with Gasteiger partial charge in [0.15, 0.2) is 0 Å². The minimum Gasteiger partial charge on any atom is -0.480 e. The van der Waals surface area contributed by atoms with Crippen LogP contribution in [0.1, 0.15) is 20.3 Å². The monoisotopic (exact) mass is 261 g/mol. The van der Waals surface area contributed by atoms with Gasteiger partial charge in [-0.15, -0.1) is 0 Å². The Morgan fingerprint density at radius 1 is 1.33 bits per heavy atom. The van der Waals surface area contributed by atoms with Gasteiger partial charge in [0, 0.05) is 7.11 Å². The van der Waals surface area contributed by atoms with E-state index in [-0.39, 0.29) is 19.6 Å². The molecule has 18 heavy (non-hydrogen) atoms. The third kappa shape index (κ3) is 6.19. The fourth-order valence-corrected chi connectivity index (χ4v) is 1.32. The summed E-state index contributed by atoms with van der Waals surface area (Å²) in [5, 5.41) is 11.2. The Morgan fingerprint density at radius 2 is 1.94 bits per heavy atom. The maximum absolute atomic E-state index is 11.4. The summed E-state index contributed by atoms with van der Waals surface area (Å²) < 4.78 is 9.35. The van der Waals surface area contributed by atoms with Crippen molar-refractivity contribution in [3.8, 4) is 0 Å². The molecule has 2 N–H and O–H groups in total. The number of ether oxygens (including phenoxy) is 2. The molecular weight excluding hydrogens is 242 g/mol. The second-order valence-corrected chi connectivity index (χ2v) is 3.78. The number of amides is 1. The fourth-order valence-electron chi connectivity index (χ4n) is 1.32. The molecule has 0 radical (unpaired) electrons. The van der Waals surface area contributed by atoms with E-state index in [0.29, 0.717) is 0 Å². The number of aliphatic carboxylic acids is 1. The smallest absolute Gasteiger partial charge is 0.326 e. The van der Waals surface area contributed by atoms with Crippen molar-refractivity contribution in [2.24, 2.45) is 5.92 Å². The molecule has 104 valence electrons. The van der Waals surface area contributed by atoms with Gasteiger partial charge in [0.2, 0.25) is 5.91 Å². The van der Waals surface area contributed by atoms with Gasteiger partial charge in [-0.25, -0.2) is 4.79 Å². The van der Waals surface area contributed by atoms with Crippen LogP contribution in [0.4, 0.5) is 0 Å². The van der Waals surface area contributed by atoms with Gasteiger partial charge in [-0.05, 0) is 13.3 Å². The van der Waals surface area contributed by atoms with Gasteiger partial charge in [0.25, 0.3) is 0 Å². The zero-order valence-electron chi connectivity index (χ0n) is 10.8. The molecule has 0 saturated carbocycles. The summed E-state index contributed by atoms with van der Waals surface area (Å²) in [7, 11) is 1.33. The normalized spacial score (nSPS) is 13.5. The van der Waals surface area contributed by atoms with Crippen LogP contribution in [0.5, 0.6) is 0 Å². The predicted molar refractivity (Wildman–Crippen MR) is 61.9 cm³/mol. The predicted octanol–water partition coefficient (Wildman–Crippen LogP) is -0.208. The number of rotatable bonds is 8. The molecule has 0 aromatic carbocycles. The first kappa shape index (κ1) is 16.4. The number of esters is 1. The zero-order valence-corrected chi connectivity index (χ0v) is 10.8. The molecule has 7 nitrogen and oxygen atoms in total. The van der Waals surface area contributed by atoms with E-state index in [9.17, 15) is 14.4 Å². The molecule has 0 heterocycles. The number of methoxy groups -OCH3 is 1. The Morgan fingerprint density at radius 3 is 2.39 bits per heavy atom. The SMILES string of the molecule is CCOC(=O)[C@H](C)C[C@@H](NC(=O)COC)C(=O)O. The molecule has 0 aliphatic carbocycles. The molecule has 1 amide bonds. The lowest BCUT2D eigenvalue weighted by atomic mass is 10.0. The molecule has 0 rings (SSSR count). The Kier molecular flexibility index (Phi) is 7.69. The highest BCUT2D eigenvalue weighted by molar-refractivity contribution is 5.84. The summed E-state index contributed by atoms with van der Waals surface area (Å²) in [5.74, 6) is -2.82. The van der Waals surface area contributed by atoms with Crippen molar-refractivity contribution in [1.29, 1.82) is 0 Å². The quantitative estimate of drug-likeness (QED) is 0.586. The summed E-state index contributed by atoms with van der Waals surface area (Å²) in [6, 6.07) is -1.13. The second-order valence-electron chi connectivity index (χ2n) is 3.78. The van der Waals surface area contributed by atoms with Gasteiger partial charge >= 0.3 is 11.9 Å². The minimum absolute atomic E-state index is 0.0242. The molecule has 7 heteroatoms. The third-order valence-electron chi connectivity index (χ3n) is 2.19. The highest BCUT2D eigenvalue weighted by Crippen LogP contribution is 2.09. The molecule has 0 unspecified atom stereocenters. The summed E-state index contributed by atoms with van der Waals surface area (Å²) >= 11 is 0. The van der Waals surface area contributed by atoms with E-state index >= 15 is 0 Å². The zero-order chi connectivity index (χ0) is 14.1. The van der Waals surface area contributed by atoms with Crippen molar-refractivity contribution in [2.75, 3.05) is 20.3 Å². The van der Waals surface area contributed by atoms with E-state index in [0.717, 1.165) is 0 Å². The maximum Gasteiger partial charge on any atom is 0.326 e. The van der Waals surface area contributed by atoms with Gasteiger partial charge in [-0.3, -0.25) is 9.59 Å². The lowest BCUT2D eigenvalue weighted by Gasteiger charge is -2.17. The van der Waals surface area contributed by atoms with Crippen LogP contribution < -0.4 is 5.32 Å². The van der Waals surface area contributed by atoms with Gasteiger partial charge < -0.3 is 19.9 Å². The lowest BCUT2D eigenvalue weighted by molar-refractivity contribution is -0.149. The van der Waals surface area contributed by atoms with Crippen molar-refractivity contribution >= 4 is 17.8 Å². The molecule has 0 saturated heterocycles. The van der Waals surface area contributed by atoms with Crippen LogP contribution in [-0.4, -0.2) is 49.3 Å². The Hall–Kier alpha value is -1.63. The molecule has 0 aliphatic rings. The largest absolute Gasteiger partial charge is 0.480 e. The molecule has 0 aromatic heterocycles. The summed E-state index contributed by atoms with van der Waals surface area (Å²) in [4.78, 5) is 33.5. The molecule has 0 bridgehead atoms. The van der Waals surface area contributed by atoms with Crippen molar-refractivity contribution in [2.45, 2.75) is 26.3 Å². The first-order valence-electron chi connectivity index (χ1n) is 5.60. The van der Waals surface area contributed by atoms with Crippen LogP contribution in [-0.2, 0) is 23.9 Å². The molecular formula is C11H19NO6. The first-order chi connectivity index (χ1) is 8.42. The Balaban J connectivity index is 4.40. The summed E-state index contributed by atoms with van der Waals surface area (Å²) in [6.07, 6.45) is -0.0242. The van der Waals surface area contributed by atoms with Gasteiger partial charge in [-0.2, -0.15) is 0 Å². The molecule has 0 fully saturated rings. The van der Waals surface area contributed by atoms with E-state index in [2.05, 4.69) is 10.1 Å². The van der Waals surface area contributed by atoms with E-state index in [1.54, 1.807) is 13.8 Å². The number of carboxylic acids is 1. The van der Waals surface area contributed by atoms with E-state index in [1.807, 2.05) is 0 Å². The van der Waals surface area contributed by atoms with E-state index < -0.39 is 29.8 Å². The van der Waals surface area contributed by atoms with Crippen molar-refractivity contribution in [3.63, 3.8) is 0 Å². The number of carboxylic acid groups (broad SMARTS) is 1. The van der Waals surface area contributed by atoms with Crippen LogP contribution in [0.2, 0.25) is 0 Å². The standard InChI is InChI=1S/C11H19NO6/c1-4-18-11(16)7(2)5-8(10(14)15)12-9(13)6-17-3/h7-8H,4-6H2,1-3H3,(H,12,13)(H,14,15)/t7-,8-/m1/s1. The average Bonchev–Trinajstić information content (AvgIpc) is 2.28. The number of hydrogen-bond acceptors (Lipinski definition) is 5.